The van der Waals surface area contributed by atoms with Crippen molar-refractivity contribution in [3.63, 3.8) is 0 Å². The van der Waals surface area contributed by atoms with Crippen molar-refractivity contribution < 1.29 is 19.0 Å². The van der Waals surface area contributed by atoms with E-state index in [0.717, 1.165) is 19.4 Å². The number of anilines is 1. The SMILES string of the molecule is C=Cc1c(Cl)ncc2c(N3CCOCC(O)C3)nc(OC[C@@]34CCCN3C[C@H](F)C4)nc12. The second kappa shape index (κ2) is 8.70. The summed E-state index contributed by atoms with van der Waals surface area (Å²) < 4.78 is 25.8. The van der Waals surface area contributed by atoms with Crippen molar-refractivity contribution in [2.24, 2.45) is 0 Å². The van der Waals surface area contributed by atoms with Gasteiger partial charge in [-0.1, -0.05) is 24.3 Å². The van der Waals surface area contributed by atoms with Gasteiger partial charge in [0.25, 0.3) is 0 Å². The maximum atomic E-state index is 14.1. The first-order valence-electron chi connectivity index (χ1n) is 11.0. The number of hydrogen-bond acceptors (Lipinski definition) is 8. The molecule has 0 amide bonds. The molecular weight excluding hydrogens is 437 g/mol. The summed E-state index contributed by atoms with van der Waals surface area (Å²) in [7, 11) is 0. The van der Waals surface area contributed by atoms with Gasteiger partial charge in [-0.05, 0) is 19.4 Å². The fourth-order valence-electron chi connectivity index (χ4n) is 5.17. The van der Waals surface area contributed by atoms with Crippen LogP contribution in [0.2, 0.25) is 5.15 Å². The number of β-amino-alcohol motifs (C(OH)–C–C–N with tert-alkyl or cyclic N) is 1. The molecule has 172 valence electrons. The molecule has 3 atom stereocenters. The Kier molecular flexibility index (Phi) is 5.92. The van der Waals surface area contributed by atoms with Crippen molar-refractivity contribution in [3.05, 3.63) is 23.5 Å². The molecule has 3 aliphatic rings. The molecule has 3 fully saturated rings. The summed E-state index contributed by atoms with van der Waals surface area (Å²) in [5.74, 6) is 0.595. The quantitative estimate of drug-likeness (QED) is 0.677. The standard InChI is InChI=1S/C22H27ClFN5O3/c1-2-16-18-17(9-25-19(16)23)20(28-6-7-31-12-15(30)11-28)27-21(26-18)32-13-22-4-3-5-29(22)10-14(24)8-22/h2,9,14-15,30H,1,3-8,10-13H2/t14-,15?,22+/m1/s1. The van der Waals surface area contributed by atoms with Crippen molar-refractivity contribution in [1.82, 2.24) is 19.9 Å². The number of fused-ring (bicyclic) bond motifs is 2. The first-order valence-corrected chi connectivity index (χ1v) is 11.4. The Bertz CT molecular complexity index is 1030. The van der Waals surface area contributed by atoms with Crippen LogP contribution >= 0.6 is 11.6 Å². The normalized spacial score (nSPS) is 28.7. The van der Waals surface area contributed by atoms with E-state index in [2.05, 4.69) is 21.4 Å². The third-order valence-corrected chi connectivity index (χ3v) is 6.97. The van der Waals surface area contributed by atoms with Crippen molar-refractivity contribution in [2.45, 2.75) is 37.1 Å². The van der Waals surface area contributed by atoms with Crippen LogP contribution in [0.3, 0.4) is 0 Å². The predicted octanol–water partition coefficient (Wildman–Crippen LogP) is 2.47. The molecule has 32 heavy (non-hydrogen) atoms. The molecule has 0 radical (unpaired) electrons. The average Bonchev–Trinajstić information content (AvgIpc) is 3.20. The van der Waals surface area contributed by atoms with Crippen molar-refractivity contribution in [3.8, 4) is 6.01 Å². The molecule has 5 heterocycles. The van der Waals surface area contributed by atoms with Crippen LogP contribution in [-0.4, -0.2) is 88.8 Å². The van der Waals surface area contributed by atoms with Crippen LogP contribution in [0, 0.1) is 0 Å². The van der Waals surface area contributed by atoms with Crippen LogP contribution in [0.4, 0.5) is 10.2 Å². The average molecular weight is 464 g/mol. The first-order chi connectivity index (χ1) is 15.5. The van der Waals surface area contributed by atoms with Gasteiger partial charge in [-0.3, -0.25) is 4.90 Å². The molecule has 0 saturated carbocycles. The summed E-state index contributed by atoms with van der Waals surface area (Å²) in [4.78, 5) is 17.7. The lowest BCUT2D eigenvalue weighted by atomic mass is 9.95. The lowest BCUT2D eigenvalue weighted by molar-refractivity contribution is 0.0597. The van der Waals surface area contributed by atoms with E-state index in [0.29, 0.717) is 66.7 Å². The fraction of sp³-hybridized carbons (Fsp3) is 0.591. The molecule has 0 aromatic carbocycles. The minimum Gasteiger partial charge on any atom is -0.461 e. The summed E-state index contributed by atoms with van der Waals surface area (Å²) in [6.07, 6.45) is 4.17. The van der Waals surface area contributed by atoms with Crippen LogP contribution in [-0.2, 0) is 4.74 Å². The van der Waals surface area contributed by atoms with Gasteiger partial charge in [0.15, 0.2) is 0 Å². The van der Waals surface area contributed by atoms with Gasteiger partial charge >= 0.3 is 6.01 Å². The van der Waals surface area contributed by atoms with Crippen LogP contribution < -0.4 is 9.64 Å². The summed E-state index contributed by atoms with van der Waals surface area (Å²) in [6, 6.07) is 0.195. The maximum Gasteiger partial charge on any atom is 0.319 e. The fourth-order valence-corrected chi connectivity index (χ4v) is 5.38. The predicted molar refractivity (Wildman–Crippen MR) is 120 cm³/mol. The Hall–Kier alpha value is -2.07. The van der Waals surface area contributed by atoms with Gasteiger partial charge in [-0.15, -0.1) is 0 Å². The van der Waals surface area contributed by atoms with Gasteiger partial charge in [0.1, 0.15) is 23.7 Å². The molecule has 3 saturated heterocycles. The summed E-state index contributed by atoms with van der Waals surface area (Å²) in [6.45, 7) is 7.17. The van der Waals surface area contributed by atoms with Crippen LogP contribution in [0.1, 0.15) is 24.8 Å². The highest BCUT2D eigenvalue weighted by atomic mass is 35.5. The summed E-state index contributed by atoms with van der Waals surface area (Å²) >= 11 is 6.31. The highest BCUT2D eigenvalue weighted by Gasteiger charge is 2.49. The van der Waals surface area contributed by atoms with Crippen LogP contribution in [0.15, 0.2) is 12.8 Å². The Balaban J connectivity index is 1.53. The van der Waals surface area contributed by atoms with Gasteiger partial charge in [0, 0.05) is 37.8 Å². The molecule has 3 aliphatic heterocycles. The molecule has 1 unspecified atom stereocenters. The molecule has 0 aliphatic carbocycles. The van der Waals surface area contributed by atoms with Crippen molar-refractivity contribution in [2.75, 3.05) is 50.9 Å². The number of aromatic nitrogens is 3. The Morgan fingerprint density at radius 3 is 3.09 bits per heavy atom. The second-order valence-corrected chi connectivity index (χ2v) is 9.16. The van der Waals surface area contributed by atoms with Gasteiger partial charge < -0.3 is 19.5 Å². The van der Waals surface area contributed by atoms with E-state index in [4.69, 9.17) is 26.1 Å². The molecule has 0 spiro atoms. The van der Waals surface area contributed by atoms with E-state index in [1.54, 1.807) is 12.3 Å². The molecular formula is C22H27ClFN5O3. The number of rotatable bonds is 5. The van der Waals surface area contributed by atoms with E-state index in [1.165, 1.54) is 0 Å². The number of aliphatic hydroxyl groups is 1. The Morgan fingerprint density at radius 1 is 1.38 bits per heavy atom. The second-order valence-electron chi connectivity index (χ2n) is 8.80. The third-order valence-electron chi connectivity index (χ3n) is 6.67. The zero-order valence-corrected chi connectivity index (χ0v) is 18.6. The van der Waals surface area contributed by atoms with E-state index in [9.17, 15) is 9.50 Å². The number of ether oxygens (including phenoxy) is 2. The molecule has 2 aromatic rings. The maximum absolute atomic E-state index is 14.1. The first kappa shape index (κ1) is 21.8. The smallest absolute Gasteiger partial charge is 0.319 e. The zero-order valence-electron chi connectivity index (χ0n) is 17.8. The minimum absolute atomic E-state index is 0.195. The molecule has 10 heteroatoms. The van der Waals surface area contributed by atoms with Crippen molar-refractivity contribution >= 4 is 34.4 Å². The molecule has 2 aromatic heterocycles. The van der Waals surface area contributed by atoms with E-state index >= 15 is 0 Å². The molecule has 0 bridgehead atoms. The highest BCUT2D eigenvalue weighted by molar-refractivity contribution is 6.32. The summed E-state index contributed by atoms with van der Waals surface area (Å²) in [5, 5.41) is 11.2. The zero-order chi connectivity index (χ0) is 22.3. The highest BCUT2D eigenvalue weighted by Crippen LogP contribution is 2.40. The topological polar surface area (TPSA) is 83.8 Å². The number of pyridine rings is 1. The van der Waals surface area contributed by atoms with Crippen LogP contribution in [0.5, 0.6) is 6.01 Å². The number of alkyl halides is 1. The van der Waals surface area contributed by atoms with Gasteiger partial charge in [-0.25, -0.2) is 9.37 Å². The van der Waals surface area contributed by atoms with Gasteiger partial charge in [-0.2, -0.15) is 9.97 Å². The van der Waals surface area contributed by atoms with Gasteiger partial charge in [0.2, 0.25) is 0 Å². The number of aliphatic hydroxyl groups excluding tert-OH is 1. The largest absolute Gasteiger partial charge is 0.461 e. The number of halogens is 2. The van der Waals surface area contributed by atoms with E-state index in [1.807, 2.05) is 4.90 Å². The van der Waals surface area contributed by atoms with E-state index in [-0.39, 0.29) is 18.2 Å². The van der Waals surface area contributed by atoms with Crippen molar-refractivity contribution in [1.29, 1.82) is 0 Å². The molecule has 8 nitrogen and oxygen atoms in total. The molecule has 1 N–H and O–H groups in total. The Morgan fingerprint density at radius 2 is 2.25 bits per heavy atom. The Labute approximate surface area is 191 Å². The minimum atomic E-state index is -0.831. The van der Waals surface area contributed by atoms with E-state index < -0.39 is 12.3 Å². The van der Waals surface area contributed by atoms with Gasteiger partial charge in [0.05, 0.1) is 35.8 Å². The number of hydrogen-bond donors (Lipinski definition) is 1. The monoisotopic (exact) mass is 463 g/mol. The van der Waals surface area contributed by atoms with Crippen LogP contribution in [0.25, 0.3) is 17.0 Å². The lowest BCUT2D eigenvalue weighted by Gasteiger charge is -2.31. The summed E-state index contributed by atoms with van der Waals surface area (Å²) in [5.41, 5.74) is 0.867. The lowest BCUT2D eigenvalue weighted by Crippen LogP contribution is -2.43. The molecule has 5 rings (SSSR count). The third kappa shape index (κ3) is 3.91. The number of nitrogens with zero attached hydrogens (tertiary/aromatic N) is 5.